The maximum atomic E-state index is 5.48. The zero-order valence-corrected chi connectivity index (χ0v) is 10.8. The summed E-state index contributed by atoms with van der Waals surface area (Å²) in [6.45, 7) is 6.47. The summed E-state index contributed by atoms with van der Waals surface area (Å²) < 4.78 is 0. The molecule has 1 rings (SSSR count). The predicted molar refractivity (Wildman–Crippen MR) is 69.1 cm³/mol. The summed E-state index contributed by atoms with van der Waals surface area (Å²) in [7, 11) is 0. The van der Waals surface area contributed by atoms with E-state index in [4.69, 9.17) is 10.8 Å². The molecule has 94 valence electrons. The molecule has 1 aliphatic carbocycles. The maximum absolute atomic E-state index is 5.48. The van der Waals surface area contributed by atoms with Crippen LogP contribution in [0.25, 0.3) is 0 Å². The van der Waals surface area contributed by atoms with Crippen LogP contribution in [-0.2, 0) is 0 Å². The van der Waals surface area contributed by atoms with E-state index in [0.717, 1.165) is 5.96 Å². The van der Waals surface area contributed by atoms with E-state index in [1.807, 2.05) is 0 Å². The Hall–Kier alpha value is -0.770. The topological polar surface area (TPSA) is 62.4 Å². The smallest absolute Gasteiger partial charge is 0.206 e. The first kappa shape index (κ1) is 13.3. The van der Waals surface area contributed by atoms with E-state index >= 15 is 0 Å². The molecule has 4 nitrogen and oxygen atoms in total. The first-order valence-corrected chi connectivity index (χ1v) is 6.44. The van der Waals surface area contributed by atoms with Crippen LogP contribution in [0.15, 0.2) is 4.99 Å². The quantitative estimate of drug-likeness (QED) is 0.221. The van der Waals surface area contributed by atoms with Gasteiger partial charge in [-0.1, -0.05) is 26.2 Å². The molecule has 4 N–H and O–H groups in total. The summed E-state index contributed by atoms with van der Waals surface area (Å²) in [5.41, 5.74) is 2.66. The second-order valence-electron chi connectivity index (χ2n) is 5.10. The van der Waals surface area contributed by atoms with Gasteiger partial charge < -0.3 is 5.32 Å². The van der Waals surface area contributed by atoms with Crippen LogP contribution in [-0.4, -0.2) is 18.0 Å². The van der Waals surface area contributed by atoms with Gasteiger partial charge >= 0.3 is 0 Å². The minimum Gasteiger partial charge on any atom is -0.353 e. The molecule has 1 fully saturated rings. The largest absolute Gasteiger partial charge is 0.353 e. The third-order valence-corrected chi connectivity index (χ3v) is 3.17. The standard InChI is InChI=1S/C12H26N4/c1-9(2)14-12(16-13)15-11-8-6-4-5-7-10(11)3/h9-11H,4-8,13H2,1-3H3,(H2,14,15,16). The van der Waals surface area contributed by atoms with E-state index < -0.39 is 0 Å². The van der Waals surface area contributed by atoms with Crippen LogP contribution in [0.4, 0.5) is 0 Å². The molecule has 0 spiro atoms. The number of aliphatic imine (C=N–C) groups is 1. The highest BCUT2D eigenvalue weighted by Crippen LogP contribution is 2.25. The lowest BCUT2D eigenvalue weighted by Crippen LogP contribution is -2.45. The third kappa shape index (κ3) is 4.39. The Balaban J connectivity index is 2.61. The highest BCUT2D eigenvalue weighted by molar-refractivity contribution is 5.79. The van der Waals surface area contributed by atoms with Crippen molar-refractivity contribution in [2.75, 3.05) is 0 Å². The highest BCUT2D eigenvalue weighted by atomic mass is 15.3. The summed E-state index contributed by atoms with van der Waals surface area (Å²) in [5, 5.41) is 3.23. The van der Waals surface area contributed by atoms with Crippen LogP contribution in [0.2, 0.25) is 0 Å². The Morgan fingerprint density at radius 3 is 2.56 bits per heavy atom. The first-order valence-electron chi connectivity index (χ1n) is 6.44. The van der Waals surface area contributed by atoms with E-state index in [1.165, 1.54) is 32.1 Å². The summed E-state index contributed by atoms with van der Waals surface area (Å²) in [6.07, 6.45) is 6.45. The number of guanidine groups is 1. The maximum Gasteiger partial charge on any atom is 0.206 e. The SMILES string of the molecule is CC(C)NC(=NC1CCCCCC1C)NN. The molecule has 0 amide bonds. The second kappa shape index (κ2) is 6.74. The molecule has 0 saturated heterocycles. The Bertz CT molecular complexity index is 225. The van der Waals surface area contributed by atoms with Gasteiger partial charge in [-0.15, -0.1) is 0 Å². The lowest BCUT2D eigenvalue weighted by atomic mass is 9.98. The molecule has 0 aromatic carbocycles. The van der Waals surface area contributed by atoms with Gasteiger partial charge in [-0.05, 0) is 32.6 Å². The van der Waals surface area contributed by atoms with Crippen LogP contribution >= 0.6 is 0 Å². The fourth-order valence-electron chi connectivity index (χ4n) is 2.22. The van der Waals surface area contributed by atoms with E-state index in [9.17, 15) is 0 Å². The summed E-state index contributed by atoms with van der Waals surface area (Å²) in [6, 6.07) is 0.774. The van der Waals surface area contributed by atoms with Crippen molar-refractivity contribution in [3.8, 4) is 0 Å². The molecule has 0 radical (unpaired) electrons. The number of rotatable bonds is 2. The van der Waals surface area contributed by atoms with Crippen molar-refractivity contribution in [3.05, 3.63) is 0 Å². The van der Waals surface area contributed by atoms with Gasteiger partial charge in [0, 0.05) is 6.04 Å². The molecule has 0 aliphatic heterocycles. The van der Waals surface area contributed by atoms with E-state index in [2.05, 4.69) is 31.5 Å². The normalized spacial score (nSPS) is 27.7. The molecule has 0 aromatic heterocycles. The molecule has 16 heavy (non-hydrogen) atoms. The molecular weight excluding hydrogens is 200 g/mol. The molecule has 0 bridgehead atoms. The average Bonchev–Trinajstić information content (AvgIpc) is 2.42. The van der Waals surface area contributed by atoms with E-state index in [0.29, 0.717) is 18.0 Å². The van der Waals surface area contributed by atoms with Gasteiger partial charge in [0.05, 0.1) is 6.04 Å². The van der Waals surface area contributed by atoms with Gasteiger partial charge in [0.1, 0.15) is 0 Å². The molecule has 2 unspecified atom stereocenters. The lowest BCUT2D eigenvalue weighted by Gasteiger charge is -2.20. The van der Waals surface area contributed by atoms with Crippen LogP contribution in [0, 0.1) is 5.92 Å². The molecule has 0 heterocycles. The number of nitrogens with zero attached hydrogens (tertiary/aromatic N) is 1. The molecule has 4 heteroatoms. The summed E-state index contributed by atoms with van der Waals surface area (Å²) >= 11 is 0. The minimum atomic E-state index is 0.357. The van der Waals surface area contributed by atoms with Crippen LogP contribution in [0.3, 0.4) is 0 Å². The highest BCUT2D eigenvalue weighted by Gasteiger charge is 2.19. The van der Waals surface area contributed by atoms with Gasteiger partial charge in [-0.25, -0.2) is 10.8 Å². The summed E-state index contributed by atoms with van der Waals surface area (Å²) in [5.74, 6) is 6.88. The third-order valence-electron chi connectivity index (χ3n) is 3.17. The Labute approximate surface area is 99.1 Å². The van der Waals surface area contributed by atoms with Crippen molar-refractivity contribution in [1.82, 2.24) is 10.7 Å². The zero-order chi connectivity index (χ0) is 12.0. The average molecular weight is 226 g/mol. The molecule has 1 aliphatic rings. The number of hydrazine groups is 1. The van der Waals surface area contributed by atoms with Crippen molar-refractivity contribution in [2.24, 2.45) is 16.8 Å². The molecular formula is C12H26N4. The molecule has 2 atom stereocenters. The van der Waals surface area contributed by atoms with Crippen molar-refractivity contribution >= 4 is 5.96 Å². The predicted octanol–water partition coefficient (Wildman–Crippen LogP) is 1.77. The van der Waals surface area contributed by atoms with Gasteiger partial charge in [0.25, 0.3) is 0 Å². The zero-order valence-electron chi connectivity index (χ0n) is 10.8. The number of nitrogens with two attached hydrogens (primary N) is 1. The second-order valence-corrected chi connectivity index (χ2v) is 5.10. The van der Waals surface area contributed by atoms with Gasteiger partial charge in [-0.3, -0.25) is 5.43 Å². The Morgan fingerprint density at radius 2 is 1.94 bits per heavy atom. The number of hydrogen-bond acceptors (Lipinski definition) is 2. The Morgan fingerprint density at radius 1 is 1.25 bits per heavy atom. The molecule has 0 aromatic rings. The minimum absolute atomic E-state index is 0.357. The van der Waals surface area contributed by atoms with E-state index in [-0.39, 0.29) is 0 Å². The van der Waals surface area contributed by atoms with Crippen molar-refractivity contribution in [2.45, 2.75) is 65.0 Å². The fourth-order valence-corrected chi connectivity index (χ4v) is 2.22. The fraction of sp³-hybridized carbons (Fsp3) is 0.917. The Kier molecular flexibility index (Phi) is 5.60. The number of nitrogens with one attached hydrogen (secondary N) is 2. The van der Waals surface area contributed by atoms with Crippen LogP contribution in [0.1, 0.15) is 52.9 Å². The van der Waals surface area contributed by atoms with E-state index in [1.54, 1.807) is 0 Å². The number of hydrogen-bond donors (Lipinski definition) is 3. The first-order chi connectivity index (χ1) is 7.63. The van der Waals surface area contributed by atoms with Crippen molar-refractivity contribution in [1.29, 1.82) is 0 Å². The summed E-state index contributed by atoms with van der Waals surface area (Å²) in [4.78, 5) is 4.70. The van der Waals surface area contributed by atoms with Gasteiger partial charge in [0.15, 0.2) is 0 Å². The van der Waals surface area contributed by atoms with Crippen LogP contribution in [0.5, 0.6) is 0 Å². The monoisotopic (exact) mass is 226 g/mol. The van der Waals surface area contributed by atoms with Crippen LogP contribution < -0.4 is 16.6 Å². The van der Waals surface area contributed by atoms with Crippen molar-refractivity contribution < 1.29 is 0 Å². The lowest BCUT2D eigenvalue weighted by molar-refractivity contribution is 0.431. The van der Waals surface area contributed by atoms with Crippen molar-refractivity contribution in [3.63, 3.8) is 0 Å². The molecule has 1 saturated carbocycles. The van der Waals surface area contributed by atoms with Gasteiger partial charge in [-0.2, -0.15) is 0 Å². The van der Waals surface area contributed by atoms with Gasteiger partial charge in [0.2, 0.25) is 5.96 Å².